The summed E-state index contributed by atoms with van der Waals surface area (Å²) in [4.78, 5) is 27.6. The summed E-state index contributed by atoms with van der Waals surface area (Å²) in [6, 6.07) is 17.0. The Bertz CT molecular complexity index is 1380. The number of para-hydroxylation sites is 1. The smallest absolute Gasteiger partial charge is 0.357 e. The molecular formula is C25H20N4O3S2. The highest BCUT2D eigenvalue weighted by Crippen LogP contribution is 2.37. The Balaban J connectivity index is 1.32. The molecule has 0 radical (unpaired) electrons. The number of thiophene rings is 2. The third-order valence-corrected chi connectivity index (χ3v) is 7.66. The zero-order valence-electron chi connectivity index (χ0n) is 18.1. The van der Waals surface area contributed by atoms with E-state index in [9.17, 15) is 14.9 Å². The van der Waals surface area contributed by atoms with E-state index in [1.807, 2.05) is 47.8 Å². The lowest BCUT2D eigenvalue weighted by atomic mass is 9.96. The van der Waals surface area contributed by atoms with Crippen molar-refractivity contribution in [1.82, 2.24) is 9.78 Å². The van der Waals surface area contributed by atoms with Gasteiger partial charge in [0.1, 0.15) is 16.8 Å². The van der Waals surface area contributed by atoms with E-state index in [0.717, 1.165) is 41.0 Å². The van der Waals surface area contributed by atoms with Gasteiger partial charge < -0.3 is 10.1 Å². The normalized spacial score (nSPS) is 12.6. The SMILES string of the molecule is N#Cc1c(NC(=O)COC(=O)c2cc(-c3cccs3)nn2-c2ccccc2)sc2c1CCCC2. The van der Waals surface area contributed by atoms with Crippen molar-refractivity contribution < 1.29 is 14.3 Å². The first-order valence-electron chi connectivity index (χ1n) is 10.8. The van der Waals surface area contributed by atoms with Gasteiger partial charge in [-0.15, -0.1) is 22.7 Å². The van der Waals surface area contributed by atoms with Gasteiger partial charge in [0.05, 0.1) is 16.1 Å². The number of carbonyl (C=O) groups is 2. The Kier molecular flexibility index (Phi) is 6.25. The first-order chi connectivity index (χ1) is 16.6. The summed E-state index contributed by atoms with van der Waals surface area (Å²) in [6.07, 6.45) is 3.92. The third kappa shape index (κ3) is 4.38. The van der Waals surface area contributed by atoms with Crippen LogP contribution in [-0.4, -0.2) is 28.3 Å². The lowest BCUT2D eigenvalue weighted by molar-refractivity contribution is -0.119. The molecule has 0 bridgehead atoms. The first kappa shape index (κ1) is 22.1. The van der Waals surface area contributed by atoms with Gasteiger partial charge in [-0.2, -0.15) is 10.4 Å². The summed E-state index contributed by atoms with van der Waals surface area (Å²) in [5, 5.41) is 19.4. The number of hydrogen-bond donors (Lipinski definition) is 1. The maximum absolute atomic E-state index is 13.0. The number of esters is 1. The fourth-order valence-corrected chi connectivity index (χ4v) is 5.91. The monoisotopic (exact) mass is 488 g/mol. The minimum atomic E-state index is -0.653. The summed E-state index contributed by atoms with van der Waals surface area (Å²) in [6.45, 7) is -0.458. The van der Waals surface area contributed by atoms with Crippen LogP contribution in [0.25, 0.3) is 16.3 Å². The number of carbonyl (C=O) groups excluding carboxylic acids is 2. The Labute approximate surface area is 204 Å². The van der Waals surface area contributed by atoms with Gasteiger partial charge in [-0.25, -0.2) is 9.48 Å². The van der Waals surface area contributed by atoms with Crippen LogP contribution in [0.15, 0.2) is 53.9 Å². The summed E-state index contributed by atoms with van der Waals surface area (Å²) in [5.74, 6) is -1.13. The van der Waals surface area contributed by atoms with Crippen LogP contribution in [0.1, 0.15) is 39.3 Å². The van der Waals surface area contributed by atoms with Gasteiger partial charge in [-0.05, 0) is 54.8 Å². The molecule has 5 rings (SSSR count). The second-order valence-corrected chi connectivity index (χ2v) is 9.84. The van der Waals surface area contributed by atoms with Crippen LogP contribution in [0, 0.1) is 11.3 Å². The van der Waals surface area contributed by atoms with Crippen LogP contribution in [0.2, 0.25) is 0 Å². The Morgan fingerprint density at radius 2 is 1.97 bits per heavy atom. The van der Waals surface area contributed by atoms with Gasteiger partial charge in [-0.1, -0.05) is 24.3 Å². The van der Waals surface area contributed by atoms with Crippen LogP contribution < -0.4 is 5.32 Å². The number of benzene rings is 1. The number of nitriles is 1. The van der Waals surface area contributed by atoms with E-state index in [1.165, 1.54) is 27.4 Å². The van der Waals surface area contributed by atoms with Crippen LogP contribution in [0.5, 0.6) is 0 Å². The standard InChI is InChI=1S/C25H20N4O3S2/c26-14-18-17-9-4-5-10-21(17)34-24(18)27-23(30)15-32-25(31)20-13-19(22-11-6-12-33-22)28-29(20)16-7-2-1-3-8-16/h1-3,6-8,11-13H,4-5,9-10,15H2,(H,27,30). The van der Waals surface area contributed by atoms with Gasteiger partial charge in [0.25, 0.3) is 5.91 Å². The highest BCUT2D eigenvalue weighted by Gasteiger charge is 2.23. The molecule has 0 saturated carbocycles. The van der Waals surface area contributed by atoms with Crippen LogP contribution in [0.4, 0.5) is 5.00 Å². The van der Waals surface area contributed by atoms with Gasteiger partial charge in [-0.3, -0.25) is 4.79 Å². The van der Waals surface area contributed by atoms with E-state index in [4.69, 9.17) is 4.74 Å². The molecule has 0 atom stereocenters. The number of aryl methyl sites for hydroxylation is 1. The maximum atomic E-state index is 13.0. The molecule has 1 aliphatic rings. The lowest BCUT2D eigenvalue weighted by Gasteiger charge is -2.09. The van der Waals surface area contributed by atoms with Crippen molar-refractivity contribution in [2.24, 2.45) is 0 Å². The predicted molar refractivity (Wildman–Crippen MR) is 131 cm³/mol. The number of amides is 1. The van der Waals surface area contributed by atoms with Crippen molar-refractivity contribution in [3.63, 3.8) is 0 Å². The molecular weight excluding hydrogens is 468 g/mol. The van der Waals surface area contributed by atoms with Gasteiger partial charge in [0.2, 0.25) is 0 Å². The second-order valence-electron chi connectivity index (χ2n) is 7.79. The first-order valence-corrected chi connectivity index (χ1v) is 12.5. The topological polar surface area (TPSA) is 97.0 Å². The van der Waals surface area contributed by atoms with Crippen LogP contribution in [0.3, 0.4) is 0 Å². The molecule has 1 aromatic carbocycles. The maximum Gasteiger partial charge on any atom is 0.357 e. The molecule has 170 valence electrons. The Morgan fingerprint density at radius 3 is 2.74 bits per heavy atom. The number of anilines is 1. The van der Waals surface area contributed by atoms with Crippen molar-refractivity contribution in [3.8, 4) is 22.3 Å². The number of rotatable bonds is 6. The quantitative estimate of drug-likeness (QED) is 0.376. The number of hydrogen-bond acceptors (Lipinski definition) is 7. The van der Waals surface area contributed by atoms with Crippen molar-refractivity contribution in [1.29, 1.82) is 5.26 Å². The van der Waals surface area contributed by atoms with Gasteiger partial charge in [0.15, 0.2) is 12.3 Å². The minimum absolute atomic E-state index is 0.228. The molecule has 0 spiro atoms. The summed E-state index contributed by atoms with van der Waals surface area (Å²) >= 11 is 2.96. The molecule has 3 aromatic heterocycles. The van der Waals surface area contributed by atoms with Gasteiger partial charge in [0, 0.05) is 10.9 Å². The second kappa shape index (κ2) is 9.63. The summed E-state index contributed by atoms with van der Waals surface area (Å²) < 4.78 is 6.87. The van der Waals surface area contributed by atoms with Crippen molar-refractivity contribution in [3.05, 3.63) is 75.6 Å². The zero-order valence-corrected chi connectivity index (χ0v) is 19.7. The molecule has 3 heterocycles. The number of ether oxygens (including phenoxy) is 1. The van der Waals surface area contributed by atoms with E-state index >= 15 is 0 Å². The fraction of sp³-hybridized carbons (Fsp3) is 0.200. The largest absolute Gasteiger partial charge is 0.451 e. The Hall–Kier alpha value is -3.74. The highest BCUT2D eigenvalue weighted by molar-refractivity contribution is 7.16. The van der Waals surface area contributed by atoms with Crippen molar-refractivity contribution in [2.75, 3.05) is 11.9 Å². The summed E-state index contributed by atoms with van der Waals surface area (Å²) in [5.41, 5.74) is 3.16. The molecule has 4 aromatic rings. The molecule has 1 aliphatic carbocycles. The lowest BCUT2D eigenvalue weighted by Crippen LogP contribution is -2.22. The zero-order chi connectivity index (χ0) is 23.5. The predicted octanol–water partition coefficient (Wildman–Crippen LogP) is 5.21. The Morgan fingerprint density at radius 1 is 1.15 bits per heavy atom. The number of aromatic nitrogens is 2. The molecule has 1 amide bonds. The van der Waals surface area contributed by atoms with Gasteiger partial charge >= 0.3 is 5.97 Å². The highest BCUT2D eigenvalue weighted by atomic mass is 32.1. The van der Waals surface area contributed by atoms with Crippen LogP contribution >= 0.6 is 22.7 Å². The van der Waals surface area contributed by atoms with E-state index in [0.29, 0.717) is 21.9 Å². The molecule has 34 heavy (non-hydrogen) atoms. The average molecular weight is 489 g/mol. The molecule has 0 aliphatic heterocycles. The molecule has 0 saturated heterocycles. The number of nitrogens with one attached hydrogen (secondary N) is 1. The van der Waals surface area contributed by atoms with E-state index in [1.54, 1.807) is 6.07 Å². The average Bonchev–Trinajstić information content (AvgIpc) is 3.61. The number of nitrogens with zero attached hydrogens (tertiary/aromatic N) is 3. The van der Waals surface area contributed by atoms with Crippen molar-refractivity contribution in [2.45, 2.75) is 25.7 Å². The van der Waals surface area contributed by atoms with Crippen molar-refractivity contribution >= 4 is 39.6 Å². The molecule has 7 nitrogen and oxygen atoms in total. The van der Waals surface area contributed by atoms with Crippen LogP contribution in [-0.2, 0) is 22.4 Å². The van der Waals surface area contributed by atoms with E-state index in [2.05, 4.69) is 16.5 Å². The summed E-state index contributed by atoms with van der Waals surface area (Å²) in [7, 11) is 0. The molecule has 1 N–H and O–H groups in total. The third-order valence-electron chi connectivity index (χ3n) is 5.56. The fourth-order valence-electron chi connectivity index (χ4n) is 3.98. The molecule has 0 fully saturated rings. The van der Waals surface area contributed by atoms with E-state index < -0.39 is 18.5 Å². The minimum Gasteiger partial charge on any atom is -0.451 e. The molecule has 9 heteroatoms. The number of fused-ring (bicyclic) bond motifs is 1. The van der Waals surface area contributed by atoms with E-state index in [-0.39, 0.29) is 5.69 Å². The molecule has 0 unspecified atom stereocenters.